The number of fused-ring (bicyclic) bond motifs is 7. The van der Waals surface area contributed by atoms with Crippen molar-refractivity contribution in [1.29, 1.82) is 0 Å². The maximum atomic E-state index is 2.40. The Morgan fingerprint density at radius 1 is 0.300 bits per heavy atom. The number of rotatable bonds is 6. The standard InChI is InChI=1S/C58H38N2/c1-2-18-42(19-3-1)59(43-34-36-44(37-35-43)60-55-29-12-10-20-47(55)48-21-11-13-30-56(48)60)54-31-15-26-45-46(54)27-14-28-49(45)58-52-24-8-6-22-50(52)57(51-23-7-9-25-53(51)58)41-33-32-39-16-4-5-17-40(39)38-41/h1-38H. The Bertz CT molecular complexity index is 3490. The predicted molar refractivity (Wildman–Crippen MR) is 256 cm³/mol. The van der Waals surface area contributed by atoms with Gasteiger partial charge in [0.1, 0.15) is 0 Å². The molecule has 0 aliphatic rings. The van der Waals surface area contributed by atoms with E-state index in [1.165, 1.54) is 87.1 Å². The molecule has 0 spiro atoms. The molecule has 0 atom stereocenters. The van der Waals surface area contributed by atoms with Crippen LogP contribution in [-0.2, 0) is 0 Å². The highest BCUT2D eigenvalue weighted by Crippen LogP contribution is 2.48. The first-order valence-corrected chi connectivity index (χ1v) is 20.7. The van der Waals surface area contributed by atoms with Crippen LogP contribution in [0.4, 0.5) is 17.1 Å². The van der Waals surface area contributed by atoms with Crippen LogP contribution in [0.25, 0.3) is 92.8 Å². The Morgan fingerprint density at radius 2 is 0.800 bits per heavy atom. The summed E-state index contributed by atoms with van der Waals surface area (Å²) in [6, 6.07) is 84.2. The Balaban J connectivity index is 1.05. The molecule has 1 heterocycles. The largest absolute Gasteiger partial charge is 0.310 e. The summed E-state index contributed by atoms with van der Waals surface area (Å²) in [6.07, 6.45) is 0. The lowest BCUT2D eigenvalue weighted by molar-refractivity contribution is 1.17. The number of hydrogen-bond acceptors (Lipinski definition) is 1. The van der Waals surface area contributed by atoms with Crippen LogP contribution < -0.4 is 4.90 Å². The first-order chi connectivity index (χ1) is 29.8. The summed E-state index contributed by atoms with van der Waals surface area (Å²) in [6.45, 7) is 0. The molecule has 11 aromatic carbocycles. The maximum absolute atomic E-state index is 2.40. The molecular formula is C58H38N2. The van der Waals surface area contributed by atoms with Gasteiger partial charge in [-0.3, -0.25) is 0 Å². The summed E-state index contributed by atoms with van der Waals surface area (Å²) >= 11 is 0. The third-order valence-electron chi connectivity index (χ3n) is 12.3. The van der Waals surface area contributed by atoms with E-state index in [4.69, 9.17) is 0 Å². The van der Waals surface area contributed by atoms with Crippen molar-refractivity contribution in [3.05, 3.63) is 231 Å². The van der Waals surface area contributed by atoms with Crippen molar-refractivity contribution >= 4 is 82.0 Å². The zero-order valence-corrected chi connectivity index (χ0v) is 32.8. The molecular weight excluding hydrogens is 725 g/mol. The Labute approximate surface area is 348 Å². The van der Waals surface area contributed by atoms with Crippen LogP contribution in [0.3, 0.4) is 0 Å². The second-order valence-electron chi connectivity index (χ2n) is 15.6. The fourth-order valence-corrected chi connectivity index (χ4v) is 9.74. The number of anilines is 3. The van der Waals surface area contributed by atoms with Gasteiger partial charge in [0.2, 0.25) is 0 Å². The molecule has 0 aliphatic heterocycles. The molecule has 0 saturated carbocycles. The van der Waals surface area contributed by atoms with Crippen molar-refractivity contribution in [2.45, 2.75) is 0 Å². The highest BCUT2D eigenvalue weighted by atomic mass is 15.1. The number of hydrogen-bond donors (Lipinski definition) is 0. The summed E-state index contributed by atoms with van der Waals surface area (Å²) < 4.78 is 2.38. The molecule has 0 aliphatic carbocycles. The number of para-hydroxylation sites is 3. The first-order valence-electron chi connectivity index (χ1n) is 20.7. The second-order valence-corrected chi connectivity index (χ2v) is 15.6. The van der Waals surface area contributed by atoms with E-state index in [1.54, 1.807) is 0 Å². The monoisotopic (exact) mass is 762 g/mol. The second kappa shape index (κ2) is 13.9. The molecule has 0 saturated heterocycles. The van der Waals surface area contributed by atoms with Gasteiger partial charge in [-0.1, -0.05) is 170 Å². The molecule has 0 amide bonds. The fraction of sp³-hybridized carbons (Fsp3) is 0. The van der Waals surface area contributed by atoms with Crippen LogP contribution in [-0.4, -0.2) is 4.57 Å². The van der Waals surface area contributed by atoms with Gasteiger partial charge in [0, 0.05) is 33.2 Å². The van der Waals surface area contributed by atoms with E-state index in [-0.39, 0.29) is 0 Å². The van der Waals surface area contributed by atoms with Gasteiger partial charge in [-0.25, -0.2) is 0 Å². The maximum Gasteiger partial charge on any atom is 0.0541 e. The summed E-state index contributed by atoms with van der Waals surface area (Å²) in [5, 5.41) is 12.4. The fourth-order valence-electron chi connectivity index (χ4n) is 9.74. The number of benzene rings is 11. The minimum Gasteiger partial charge on any atom is -0.310 e. The van der Waals surface area contributed by atoms with Gasteiger partial charge < -0.3 is 9.47 Å². The van der Waals surface area contributed by atoms with Crippen LogP contribution in [0, 0.1) is 0 Å². The van der Waals surface area contributed by atoms with Crippen molar-refractivity contribution in [2.24, 2.45) is 0 Å². The molecule has 2 nitrogen and oxygen atoms in total. The smallest absolute Gasteiger partial charge is 0.0541 e. The zero-order valence-electron chi connectivity index (χ0n) is 32.8. The molecule has 60 heavy (non-hydrogen) atoms. The lowest BCUT2D eigenvalue weighted by Crippen LogP contribution is -2.10. The topological polar surface area (TPSA) is 8.17 Å². The third-order valence-corrected chi connectivity index (χ3v) is 12.3. The lowest BCUT2D eigenvalue weighted by Gasteiger charge is -2.27. The van der Waals surface area contributed by atoms with Crippen molar-refractivity contribution in [2.75, 3.05) is 4.90 Å². The molecule has 0 radical (unpaired) electrons. The highest BCUT2D eigenvalue weighted by Gasteiger charge is 2.21. The lowest BCUT2D eigenvalue weighted by atomic mass is 9.84. The van der Waals surface area contributed by atoms with Crippen molar-refractivity contribution < 1.29 is 0 Å². The van der Waals surface area contributed by atoms with E-state index in [9.17, 15) is 0 Å². The molecule has 0 bridgehead atoms. The zero-order chi connectivity index (χ0) is 39.6. The van der Waals surface area contributed by atoms with Crippen molar-refractivity contribution in [3.8, 4) is 27.9 Å². The van der Waals surface area contributed by atoms with Crippen LogP contribution in [0.1, 0.15) is 0 Å². The minimum absolute atomic E-state index is 1.10. The van der Waals surface area contributed by atoms with Crippen LogP contribution in [0.2, 0.25) is 0 Å². The van der Waals surface area contributed by atoms with Gasteiger partial charge in [0.15, 0.2) is 0 Å². The molecule has 12 aromatic rings. The van der Waals surface area contributed by atoms with E-state index < -0.39 is 0 Å². The molecule has 0 N–H and O–H groups in total. The Morgan fingerprint density at radius 3 is 1.47 bits per heavy atom. The SMILES string of the molecule is c1ccc(N(c2ccc(-n3c4ccccc4c4ccccc43)cc2)c2cccc3c(-c4c5ccccc5c(-c5ccc6ccccc6c5)c5ccccc45)cccc23)cc1. The van der Waals surface area contributed by atoms with Gasteiger partial charge >= 0.3 is 0 Å². The van der Waals surface area contributed by atoms with Gasteiger partial charge in [0.25, 0.3) is 0 Å². The van der Waals surface area contributed by atoms with Gasteiger partial charge in [-0.15, -0.1) is 0 Å². The highest BCUT2D eigenvalue weighted by molar-refractivity contribution is 6.24. The average molecular weight is 763 g/mol. The molecule has 0 unspecified atom stereocenters. The van der Waals surface area contributed by atoms with E-state index in [1.807, 2.05) is 0 Å². The quantitative estimate of drug-likeness (QED) is 0.153. The van der Waals surface area contributed by atoms with Gasteiger partial charge in [-0.05, 0) is 121 Å². The summed E-state index contributed by atoms with van der Waals surface area (Å²) in [7, 11) is 0. The average Bonchev–Trinajstić information content (AvgIpc) is 3.65. The van der Waals surface area contributed by atoms with Gasteiger partial charge in [0.05, 0.1) is 16.7 Å². The summed E-state index contributed by atoms with van der Waals surface area (Å²) in [4.78, 5) is 2.40. The van der Waals surface area contributed by atoms with Gasteiger partial charge in [-0.2, -0.15) is 0 Å². The Hall–Kier alpha value is -7.94. The molecule has 0 fully saturated rings. The van der Waals surface area contributed by atoms with E-state index in [0.717, 1.165) is 22.7 Å². The van der Waals surface area contributed by atoms with E-state index in [0.29, 0.717) is 0 Å². The molecule has 12 rings (SSSR count). The predicted octanol–water partition coefficient (Wildman–Crippen LogP) is 16.2. The number of nitrogens with zero attached hydrogens (tertiary/aromatic N) is 2. The van der Waals surface area contributed by atoms with Crippen molar-refractivity contribution in [1.82, 2.24) is 4.57 Å². The molecule has 1 aromatic heterocycles. The molecule has 2 heteroatoms. The van der Waals surface area contributed by atoms with Crippen LogP contribution in [0.15, 0.2) is 231 Å². The summed E-state index contributed by atoms with van der Waals surface area (Å²) in [5.74, 6) is 0. The third kappa shape index (κ3) is 5.35. The molecule has 280 valence electrons. The van der Waals surface area contributed by atoms with E-state index in [2.05, 4.69) is 240 Å². The van der Waals surface area contributed by atoms with Crippen LogP contribution in [0.5, 0.6) is 0 Å². The minimum atomic E-state index is 1.10. The summed E-state index contributed by atoms with van der Waals surface area (Å²) in [5.41, 5.74) is 11.9. The first kappa shape index (κ1) is 34.1. The van der Waals surface area contributed by atoms with Crippen molar-refractivity contribution in [3.63, 3.8) is 0 Å². The Kier molecular flexibility index (Phi) is 7.89. The van der Waals surface area contributed by atoms with Crippen LogP contribution >= 0.6 is 0 Å². The number of aromatic nitrogens is 1. The normalized spacial score (nSPS) is 11.7. The van der Waals surface area contributed by atoms with E-state index >= 15 is 0 Å².